The van der Waals surface area contributed by atoms with Crippen molar-refractivity contribution in [2.45, 2.75) is 51.0 Å². The van der Waals surface area contributed by atoms with Crippen LogP contribution < -0.4 is 10.6 Å². The van der Waals surface area contributed by atoms with Gasteiger partial charge in [0.1, 0.15) is 0 Å². The van der Waals surface area contributed by atoms with Gasteiger partial charge in [-0.05, 0) is 57.5 Å². The van der Waals surface area contributed by atoms with E-state index < -0.39 is 0 Å². The lowest BCUT2D eigenvalue weighted by molar-refractivity contribution is -0.133. The average molecular weight is 293 g/mol. The molecule has 1 aliphatic carbocycles. The van der Waals surface area contributed by atoms with E-state index in [9.17, 15) is 9.59 Å². The number of carbonyl (C=O) groups is 2. The molecule has 0 radical (unpaired) electrons. The van der Waals surface area contributed by atoms with E-state index in [1.165, 1.54) is 12.8 Å². The molecule has 2 aliphatic heterocycles. The number of carbonyl (C=O) groups excluding carboxylic acids is 2. The highest BCUT2D eigenvalue weighted by molar-refractivity contribution is 5.81. The Kier molecular flexibility index (Phi) is 4.78. The summed E-state index contributed by atoms with van der Waals surface area (Å²) in [6, 6.07) is 0.276. The SMILES string of the molecule is O=C(NC1CCN(C(=O)CC2CCCNC2)CC1)C1CC1. The molecule has 3 fully saturated rings. The van der Waals surface area contributed by atoms with Gasteiger partial charge in [0, 0.05) is 31.5 Å². The summed E-state index contributed by atoms with van der Waals surface area (Å²) in [6.07, 6.45) is 6.98. The van der Waals surface area contributed by atoms with E-state index in [1.807, 2.05) is 4.90 Å². The number of hydrogen-bond donors (Lipinski definition) is 2. The van der Waals surface area contributed by atoms with Crippen LogP contribution in [0.25, 0.3) is 0 Å². The summed E-state index contributed by atoms with van der Waals surface area (Å²) in [7, 11) is 0. The molecular weight excluding hydrogens is 266 g/mol. The molecule has 3 aliphatic rings. The zero-order valence-corrected chi connectivity index (χ0v) is 12.8. The molecule has 3 rings (SSSR count). The van der Waals surface area contributed by atoms with Crippen molar-refractivity contribution in [3.05, 3.63) is 0 Å². The predicted molar refractivity (Wildman–Crippen MR) is 80.7 cm³/mol. The van der Waals surface area contributed by atoms with Gasteiger partial charge in [0.15, 0.2) is 0 Å². The minimum absolute atomic E-state index is 0.230. The Balaban J connectivity index is 1.37. The number of rotatable bonds is 4. The molecule has 2 heterocycles. The van der Waals surface area contributed by atoms with Gasteiger partial charge in [-0.1, -0.05) is 0 Å². The van der Waals surface area contributed by atoms with Crippen molar-refractivity contribution >= 4 is 11.8 Å². The fraction of sp³-hybridized carbons (Fsp3) is 0.875. The van der Waals surface area contributed by atoms with Crippen LogP contribution in [0, 0.1) is 11.8 Å². The highest BCUT2D eigenvalue weighted by Crippen LogP contribution is 2.29. The Morgan fingerprint density at radius 1 is 1.10 bits per heavy atom. The van der Waals surface area contributed by atoms with E-state index in [2.05, 4.69) is 10.6 Å². The molecule has 1 atom stereocenters. The maximum absolute atomic E-state index is 12.3. The summed E-state index contributed by atoms with van der Waals surface area (Å²) in [4.78, 5) is 26.1. The maximum atomic E-state index is 12.3. The Hall–Kier alpha value is -1.10. The van der Waals surface area contributed by atoms with E-state index >= 15 is 0 Å². The molecular formula is C16H27N3O2. The molecule has 0 aromatic heterocycles. The van der Waals surface area contributed by atoms with E-state index in [0.717, 1.165) is 51.9 Å². The van der Waals surface area contributed by atoms with Gasteiger partial charge in [-0.15, -0.1) is 0 Å². The molecule has 5 heteroatoms. The molecule has 2 saturated heterocycles. The van der Waals surface area contributed by atoms with Crippen LogP contribution in [0.15, 0.2) is 0 Å². The second-order valence-corrected chi connectivity index (χ2v) is 6.85. The minimum atomic E-state index is 0.230. The van der Waals surface area contributed by atoms with Crippen LogP contribution in [0.2, 0.25) is 0 Å². The molecule has 2 amide bonds. The largest absolute Gasteiger partial charge is 0.353 e. The van der Waals surface area contributed by atoms with E-state index in [1.54, 1.807) is 0 Å². The van der Waals surface area contributed by atoms with Crippen LogP contribution in [0.1, 0.15) is 44.9 Å². The minimum Gasteiger partial charge on any atom is -0.353 e. The number of piperidine rings is 2. The summed E-state index contributed by atoms with van der Waals surface area (Å²) >= 11 is 0. The van der Waals surface area contributed by atoms with Crippen molar-refractivity contribution in [2.24, 2.45) is 11.8 Å². The van der Waals surface area contributed by atoms with E-state index in [0.29, 0.717) is 18.2 Å². The van der Waals surface area contributed by atoms with E-state index in [4.69, 9.17) is 0 Å². The van der Waals surface area contributed by atoms with Gasteiger partial charge in [0.25, 0.3) is 0 Å². The van der Waals surface area contributed by atoms with Crippen LogP contribution in [0.3, 0.4) is 0 Å². The second kappa shape index (κ2) is 6.77. The summed E-state index contributed by atoms with van der Waals surface area (Å²) in [5, 5.41) is 6.50. The Bertz CT molecular complexity index is 381. The Labute approximate surface area is 126 Å². The standard InChI is InChI=1S/C16H27N3O2/c20-15(10-12-2-1-7-17-11-12)19-8-5-14(6-9-19)18-16(21)13-3-4-13/h12-14,17H,1-11H2,(H,18,21). The highest BCUT2D eigenvalue weighted by atomic mass is 16.2. The van der Waals surface area contributed by atoms with Crippen LogP contribution in [-0.2, 0) is 9.59 Å². The van der Waals surface area contributed by atoms with Gasteiger partial charge < -0.3 is 15.5 Å². The van der Waals surface area contributed by atoms with Gasteiger partial charge in [-0.3, -0.25) is 9.59 Å². The van der Waals surface area contributed by atoms with Crippen molar-refractivity contribution in [2.75, 3.05) is 26.2 Å². The third-order valence-corrected chi connectivity index (χ3v) is 5.00. The smallest absolute Gasteiger partial charge is 0.223 e. The average Bonchev–Trinajstić information content (AvgIpc) is 3.33. The quantitative estimate of drug-likeness (QED) is 0.809. The summed E-state index contributed by atoms with van der Waals surface area (Å²) in [5.74, 6) is 1.32. The number of hydrogen-bond acceptors (Lipinski definition) is 3. The maximum Gasteiger partial charge on any atom is 0.223 e. The fourth-order valence-corrected chi connectivity index (χ4v) is 3.41. The molecule has 21 heavy (non-hydrogen) atoms. The Morgan fingerprint density at radius 2 is 1.86 bits per heavy atom. The fourth-order valence-electron chi connectivity index (χ4n) is 3.41. The first-order valence-electron chi connectivity index (χ1n) is 8.51. The lowest BCUT2D eigenvalue weighted by Crippen LogP contribution is -2.47. The molecule has 1 unspecified atom stereocenters. The van der Waals surface area contributed by atoms with Crippen LogP contribution in [0.4, 0.5) is 0 Å². The van der Waals surface area contributed by atoms with Crippen LogP contribution >= 0.6 is 0 Å². The van der Waals surface area contributed by atoms with Gasteiger partial charge in [-0.25, -0.2) is 0 Å². The lowest BCUT2D eigenvalue weighted by Gasteiger charge is -2.34. The number of nitrogens with zero attached hydrogens (tertiary/aromatic N) is 1. The van der Waals surface area contributed by atoms with Gasteiger partial charge in [0.2, 0.25) is 11.8 Å². The van der Waals surface area contributed by atoms with Crippen molar-refractivity contribution in [3.63, 3.8) is 0 Å². The molecule has 0 bridgehead atoms. The van der Waals surface area contributed by atoms with E-state index in [-0.39, 0.29) is 17.9 Å². The summed E-state index contributed by atoms with van der Waals surface area (Å²) < 4.78 is 0. The lowest BCUT2D eigenvalue weighted by atomic mass is 9.95. The first kappa shape index (κ1) is 14.8. The van der Waals surface area contributed by atoms with Gasteiger partial charge in [0.05, 0.1) is 0 Å². The molecule has 2 N–H and O–H groups in total. The van der Waals surface area contributed by atoms with Crippen LogP contribution in [0.5, 0.6) is 0 Å². The predicted octanol–water partition coefficient (Wildman–Crippen LogP) is 0.893. The zero-order chi connectivity index (χ0) is 14.7. The normalized spacial score (nSPS) is 27.4. The van der Waals surface area contributed by atoms with Crippen LogP contribution in [-0.4, -0.2) is 48.9 Å². The molecule has 0 spiro atoms. The third kappa shape index (κ3) is 4.19. The number of nitrogens with one attached hydrogen (secondary N) is 2. The van der Waals surface area contributed by atoms with Crippen molar-refractivity contribution < 1.29 is 9.59 Å². The monoisotopic (exact) mass is 293 g/mol. The molecule has 0 aromatic rings. The second-order valence-electron chi connectivity index (χ2n) is 6.85. The first-order chi connectivity index (χ1) is 10.2. The Morgan fingerprint density at radius 3 is 2.48 bits per heavy atom. The zero-order valence-electron chi connectivity index (χ0n) is 12.8. The third-order valence-electron chi connectivity index (χ3n) is 5.00. The molecule has 118 valence electrons. The number of likely N-dealkylation sites (tertiary alicyclic amines) is 1. The highest BCUT2D eigenvalue weighted by Gasteiger charge is 2.32. The molecule has 0 aromatic carbocycles. The summed E-state index contributed by atoms with van der Waals surface area (Å²) in [6.45, 7) is 3.68. The summed E-state index contributed by atoms with van der Waals surface area (Å²) in [5.41, 5.74) is 0. The molecule has 1 saturated carbocycles. The van der Waals surface area contributed by atoms with Crippen molar-refractivity contribution in [1.82, 2.24) is 15.5 Å². The van der Waals surface area contributed by atoms with Gasteiger partial charge in [-0.2, -0.15) is 0 Å². The first-order valence-corrected chi connectivity index (χ1v) is 8.51. The van der Waals surface area contributed by atoms with Gasteiger partial charge >= 0.3 is 0 Å². The number of amides is 2. The van der Waals surface area contributed by atoms with Crippen molar-refractivity contribution in [1.29, 1.82) is 0 Å². The van der Waals surface area contributed by atoms with Crippen molar-refractivity contribution in [3.8, 4) is 0 Å². The topological polar surface area (TPSA) is 61.4 Å². The molecule has 5 nitrogen and oxygen atoms in total.